The molecule has 2 amide bonds. The van der Waals surface area contributed by atoms with E-state index in [0.29, 0.717) is 56.1 Å². The molecule has 2 aliphatic rings. The minimum atomic E-state index is -0.0454. The van der Waals surface area contributed by atoms with Crippen LogP contribution in [0.15, 0.2) is 18.2 Å². The van der Waals surface area contributed by atoms with E-state index in [0.717, 1.165) is 0 Å². The van der Waals surface area contributed by atoms with Gasteiger partial charge in [-0.05, 0) is 31.5 Å². The van der Waals surface area contributed by atoms with Crippen LogP contribution in [0.2, 0.25) is 0 Å². The predicted octanol–water partition coefficient (Wildman–Crippen LogP) is 1.25. The highest BCUT2D eigenvalue weighted by atomic mass is 35.5. The van der Waals surface area contributed by atoms with Crippen LogP contribution >= 0.6 is 12.4 Å². The average Bonchev–Trinajstić information content (AvgIpc) is 3.06. The molecule has 8 heteroatoms. The van der Waals surface area contributed by atoms with Crippen LogP contribution in [-0.2, 0) is 4.79 Å². The third-order valence-electron chi connectivity index (χ3n) is 4.35. The molecule has 3 rings (SSSR count). The Morgan fingerprint density at radius 3 is 2.44 bits per heavy atom. The number of carbonyl (C=O) groups excluding carboxylic acids is 2. The van der Waals surface area contributed by atoms with Crippen LogP contribution in [0.3, 0.4) is 0 Å². The maximum absolute atomic E-state index is 12.6. The van der Waals surface area contributed by atoms with Gasteiger partial charge in [-0.25, -0.2) is 0 Å². The van der Waals surface area contributed by atoms with Crippen LogP contribution in [0.4, 0.5) is 0 Å². The Labute approximate surface area is 153 Å². The summed E-state index contributed by atoms with van der Waals surface area (Å²) < 4.78 is 10.6. The third-order valence-corrected chi connectivity index (χ3v) is 4.35. The summed E-state index contributed by atoms with van der Waals surface area (Å²) in [6.07, 6.45) is 1.16. The van der Waals surface area contributed by atoms with Crippen molar-refractivity contribution in [1.82, 2.24) is 9.80 Å². The highest BCUT2D eigenvalue weighted by molar-refractivity contribution is 5.95. The van der Waals surface area contributed by atoms with Crippen LogP contribution in [0.5, 0.6) is 11.5 Å². The van der Waals surface area contributed by atoms with Crippen molar-refractivity contribution in [1.29, 1.82) is 0 Å². The van der Waals surface area contributed by atoms with E-state index in [1.165, 1.54) is 0 Å². The van der Waals surface area contributed by atoms with Gasteiger partial charge in [0.25, 0.3) is 5.91 Å². The van der Waals surface area contributed by atoms with Crippen molar-refractivity contribution < 1.29 is 19.1 Å². The van der Waals surface area contributed by atoms with Crippen LogP contribution in [0, 0.1) is 0 Å². The number of fused-ring (bicyclic) bond motifs is 1. The fourth-order valence-electron chi connectivity index (χ4n) is 2.88. The highest BCUT2D eigenvalue weighted by Gasteiger charge is 2.26. The van der Waals surface area contributed by atoms with Gasteiger partial charge in [0.05, 0.1) is 0 Å². The number of hydrogen-bond acceptors (Lipinski definition) is 5. The number of carbonyl (C=O) groups is 2. The topological polar surface area (TPSA) is 85.1 Å². The molecule has 1 unspecified atom stereocenters. The molecule has 7 nitrogen and oxygen atoms in total. The minimum Gasteiger partial charge on any atom is -0.454 e. The molecule has 1 atom stereocenters. The minimum absolute atomic E-state index is 0. The Balaban J connectivity index is 0.00000225. The maximum atomic E-state index is 12.6. The Morgan fingerprint density at radius 1 is 1.12 bits per heavy atom. The largest absolute Gasteiger partial charge is 0.454 e. The van der Waals surface area contributed by atoms with E-state index in [2.05, 4.69) is 0 Å². The molecule has 1 saturated heterocycles. The number of nitrogens with two attached hydrogens (primary N) is 1. The fourth-order valence-corrected chi connectivity index (χ4v) is 2.88. The van der Waals surface area contributed by atoms with E-state index >= 15 is 0 Å². The second-order valence-electron chi connectivity index (χ2n) is 6.26. The summed E-state index contributed by atoms with van der Waals surface area (Å²) in [6, 6.07) is 5.24. The smallest absolute Gasteiger partial charge is 0.254 e. The normalized spacial score (nSPS) is 17.0. The van der Waals surface area contributed by atoms with Gasteiger partial charge >= 0.3 is 0 Å². The van der Waals surface area contributed by atoms with Gasteiger partial charge in [0, 0.05) is 44.2 Å². The van der Waals surface area contributed by atoms with Gasteiger partial charge in [0.15, 0.2) is 11.5 Å². The molecule has 0 aliphatic carbocycles. The lowest BCUT2D eigenvalue weighted by Gasteiger charge is -2.35. The molecule has 2 heterocycles. The summed E-state index contributed by atoms with van der Waals surface area (Å²) in [5.41, 5.74) is 6.27. The molecular formula is C17H24ClN3O4. The second-order valence-corrected chi connectivity index (χ2v) is 6.26. The van der Waals surface area contributed by atoms with Gasteiger partial charge in [0.2, 0.25) is 12.7 Å². The van der Waals surface area contributed by atoms with Crippen molar-refractivity contribution in [2.24, 2.45) is 5.73 Å². The Kier molecular flexibility index (Phi) is 6.50. The lowest BCUT2D eigenvalue weighted by molar-refractivity contribution is -0.132. The summed E-state index contributed by atoms with van der Waals surface area (Å²) in [5.74, 6) is 1.33. The first-order valence-corrected chi connectivity index (χ1v) is 8.27. The van der Waals surface area contributed by atoms with Crippen molar-refractivity contribution in [3.8, 4) is 11.5 Å². The first-order valence-electron chi connectivity index (χ1n) is 8.27. The quantitative estimate of drug-likeness (QED) is 0.863. The maximum Gasteiger partial charge on any atom is 0.254 e. The van der Waals surface area contributed by atoms with Crippen LogP contribution in [0.25, 0.3) is 0 Å². The molecule has 0 spiro atoms. The zero-order valence-corrected chi connectivity index (χ0v) is 15.1. The van der Waals surface area contributed by atoms with Crippen molar-refractivity contribution >= 4 is 24.2 Å². The first kappa shape index (κ1) is 19.3. The molecule has 1 aromatic carbocycles. The number of benzene rings is 1. The van der Waals surface area contributed by atoms with E-state index in [1.54, 1.807) is 23.1 Å². The molecule has 0 saturated carbocycles. The molecular weight excluding hydrogens is 346 g/mol. The average molecular weight is 370 g/mol. The summed E-state index contributed by atoms with van der Waals surface area (Å²) >= 11 is 0. The predicted molar refractivity (Wildman–Crippen MR) is 95.2 cm³/mol. The lowest BCUT2D eigenvalue weighted by Crippen LogP contribution is -2.50. The number of nitrogens with zero attached hydrogens (tertiary/aromatic N) is 2. The summed E-state index contributed by atoms with van der Waals surface area (Å²) in [5, 5.41) is 0. The van der Waals surface area contributed by atoms with Gasteiger partial charge in [-0.2, -0.15) is 0 Å². The van der Waals surface area contributed by atoms with Gasteiger partial charge in [-0.3, -0.25) is 9.59 Å². The number of halogens is 1. The summed E-state index contributed by atoms with van der Waals surface area (Å²) in [7, 11) is 0. The number of rotatable bonds is 4. The molecule has 2 N–H and O–H groups in total. The Morgan fingerprint density at radius 2 is 1.76 bits per heavy atom. The van der Waals surface area contributed by atoms with E-state index in [-0.39, 0.29) is 37.1 Å². The van der Waals surface area contributed by atoms with Gasteiger partial charge < -0.3 is 25.0 Å². The molecule has 0 aromatic heterocycles. The molecule has 138 valence electrons. The zero-order valence-electron chi connectivity index (χ0n) is 14.3. The molecule has 0 radical (unpaired) electrons. The van der Waals surface area contributed by atoms with E-state index in [4.69, 9.17) is 15.2 Å². The van der Waals surface area contributed by atoms with Gasteiger partial charge in [-0.1, -0.05) is 0 Å². The molecule has 2 aliphatic heterocycles. The van der Waals surface area contributed by atoms with Crippen molar-refractivity contribution in [3.05, 3.63) is 23.8 Å². The standard InChI is InChI=1S/C17H23N3O4.ClH/c1-12(18)2-5-16(21)19-6-8-20(9-7-19)17(22)13-3-4-14-15(10-13)24-11-23-14;/h3-4,10,12H,2,5-9,11,18H2,1H3;1H. The number of ether oxygens (including phenoxy) is 2. The van der Waals surface area contributed by atoms with Crippen molar-refractivity contribution in [2.75, 3.05) is 33.0 Å². The number of hydrogen-bond donors (Lipinski definition) is 1. The second kappa shape index (κ2) is 8.40. The zero-order chi connectivity index (χ0) is 17.1. The van der Waals surface area contributed by atoms with E-state index in [9.17, 15) is 9.59 Å². The van der Waals surface area contributed by atoms with Gasteiger partial charge in [0.1, 0.15) is 0 Å². The lowest BCUT2D eigenvalue weighted by atomic mass is 10.1. The van der Waals surface area contributed by atoms with E-state index in [1.807, 2.05) is 11.8 Å². The Bertz CT molecular complexity index is 630. The molecule has 1 aromatic rings. The first-order chi connectivity index (χ1) is 11.5. The molecule has 0 bridgehead atoms. The molecule has 25 heavy (non-hydrogen) atoms. The SMILES string of the molecule is CC(N)CCC(=O)N1CCN(C(=O)c2ccc3c(c2)OCO3)CC1.Cl. The van der Waals surface area contributed by atoms with Gasteiger partial charge in [-0.15, -0.1) is 12.4 Å². The van der Waals surface area contributed by atoms with Crippen LogP contribution < -0.4 is 15.2 Å². The summed E-state index contributed by atoms with van der Waals surface area (Å²) in [4.78, 5) is 28.3. The van der Waals surface area contributed by atoms with Crippen LogP contribution in [0.1, 0.15) is 30.1 Å². The van der Waals surface area contributed by atoms with Crippen molar-refractivity contribution in [3.63, 3.8) is 0 Å². The van der Waals surface area contributed by atoms with E-state index < -0.39 is 0 Å². The number of piperazine rings is 1. The monoisotopic (exact) mass is 369 g/mol. The third kappa shape index (κ3) is 4.55. The van der Waals surface area contributed by atoms with Crippen LogP contribution in [-0.4, -0.2) is 60.6 Å². The summed E-state index contributed by atoms with van der Waals surface area (Å²) in [6.45, 7) is 4.29. The fraction of sp³-hybridized carbons (Fsp3) is 0.529. The number of amides is 2. The highest BCUT2D eigenvalue weighted by Crippen LogP contribution is 2.32. The Hall–Kier alpha value is -1.99. The van der Waals surface area contributed by atoms with Crippen molar-refractivity contribution in [2.45, 2.75) is 25.8 Å². The molecule has 1 fully saturated rings.